The van der Waals surface area contributed by atoms with Crippen molar-refractivity contribution in [3.05, 3.63) is 88.9 Å². The molecule has 230 valence electrons. The number of nitrogens with one attached hydrogen (secondary N) is 2. The van der Waals surface area contributed by atoms with Crippen LogP contribution in [0.3, 0.4) is 0 Å². The highest BCUT2D eigenvalue weighted by molar-refractivity contribution is 5.94. The van der Waals surface area contributed by atoms with Gasteiger partial charge in [0.25, 0.3) is 0 Å². The fourth-order valence-corrected chi connectivity index (χ4v) is 6.36. The predicted molar refractivity (Wildman–Crippen MR) is 181 cm³/mol. The van der Waals surface area contributed by atoms with Gasteiger partial charge in [-0.2, -0.15) is 0 Å². The number of rotatable bonds is 12. The van der Waals surface area contributed by atoms with Gasteiger partial charge in [-0.25, -0.2) is 9.97 Å². The average Bonchev–Trinajstić information content (AvgIpc) is 3.40. The maximum absolute atomic E-state index is 13.6. The van der Waals surface area contributed by atoms with E-state index in [4.69, 9.17) is 0 Å². The molecular formula is C37H46N6O. The first-order chi connectivity index (χ1) is 21.1. The third-order valence-electron chi connectivity index (χ3n) is 8.80. The Bertz CT molecular complexity index is 1750. The van der Waals surface area contributed by atoms with Gasteiger partial charge < -0.3 is 15.2 Å². The van der Waals surface area contributed by atoms with Crippen LogP contribution in [0.25, 0.3) is 33.3 Å². The van der Waals surface area contributed by atoms with Gasteiger partial charge in [0.15, 0.2) is 5.65 Å². The number of nitrogens with zero attached hydrogens (tertiary/aromatic N) is 4. The number of aromatic amines is 1. The first-order valence-electron chi connectivity index (χ1n) is 15.9. The van der Waals surface area contributed by atoms with Crippen molar-refractivity contribution in [2.45, 2.75) is 72.6 Å². The number of aromatic nitrogens is 4. The highest BCUT2D eigenvalue weighted by Gasteiger charge is 2.33. The maximum Gasteiger partial charge on any atom is 0.232 e. The Hall–Kier alpha value is -4.10. The lowest BCUT2D eigenvalue weighted by Gasteiger charge is -2.31. The Morgan fingerprint density at radius 1 is 0.977 bits per heavy atom. The van der Waals surface area contributed by atoms with E-state index in [2.05, 4.69) is 102 Å². The molecule has 2 N–H and O–H groups in total. The average molecular weight is 591 g/mol. The van der Waals surface area contributed by atoms with E-state index < -0.39 is 5.41 Å². The molecule has 7 heteroatoms. The minimum atomic E-state index is -0.625. The summed E-state index contributed by atoms with van der Waals surface area (Å²) in [6, 6.07) is 15.3. The van der Waals surface area contributed by atoms with Crippen molar-refractivity contribution < 1.29 is 4.79 Å². The van der Waals surface area contributed by atoms with E-state index in [1.807, 2.05) is 24.9 Å². The molecule has 0 aliphatic rings. The Morgan fingerprint density at radius 3 is 2.43 bits per heavy atom. The van der Waals surface area contributed by atoms with Crippen molar-refractivity contribution in [3.8, 4) is 11.3 Å². The van der Waals surface area contributed by atoms with Crippen molar-refractivity contribution in [2.24, 2.45) is 0 Å². The smallest absolute Gasteiger partial charge is 0.232 e. The lowest BCUT2D eigenvalue weighted by molar-refractivity contribution is -0.135. The minimum absolute atomic E-state index is 0.164. The largest absolute Gasteiger partial charge is 0.354 e. The van der Waals surface area contributed by atoms with E-state index in [1.54, 1.807) is 12.4 Å². The van der Waals surface area contributed by atoms with Crippen LogP contribution in [0.1, 0.15) is 74.8 Å². The fourth-order valence-electron chi connectivity index (χ4n) is 6.36. The highest BCUT2D eigenvalue weighted by Crippen LogP contribution is 2.38. The van der Waals surface area contributed by atoms with Crippen LogP contribution in [0.4, 0.5) is 0 Å². The van der Waals surface area contributed by atoms with Gasteiger partial charge in [-0.15, -0.1) is 0 Å². The molecule has 0 aliphatic carbocycles. The lowest BCUT2D eigenvalue weighted by atomic mass is 9.81. The van der Waals surface area contributed by atoms with Crippen molar-refractivity contribution in [2.75, 3.05) is 26.2 Å². The topological polar surface area (TPSA) is 86.8 Å². The normalized spacial score (nSPS) is 12.6. The highest BCUT2D eigenvalue weighted by atomic mass is 16.2. The number of H-pyrrole nitrogens is 1. The van der Waals surface area contributed by atoms with E-state index >= 15 is 0 Å². The summed E-state index contributed by atoms with van der Waals surface area (Å²) in [4.78, 5) is 32.4. The number of carbonyl (C=O) groups excluding carboxylic acids is 1. The number of fused-ring (bicyclic) bond motifs is 2. The van der Waals surface area contributed by atoms with E-state index in [0.717, 1.165) is 48.2 Å². The van der Waals surface area contributed by atoms with Crippen LogP contribution in [0.15, 0.2) is 61.1 Å². The number of hydrogen-bond donors (Lipinski definition) is 2. The molecule has 0 bridgehead atoms. The molecule has 5 rings (SSSR count). The second-order valence-corrected chi connectivity index (χ2v) is 12.6. The molecule has 44 heavy (non-hydrogen) atoms. The van der Waals surface area contributed by atoms with Crippen molar-refractivity contribution in [1.82, 2.24) is 30.2 Å². The zero-order valence-corrected chi connectivity index (χ0v) is 27.3. The quantitative estimate of drug-likeness (QED) is 0.149. The van der Waals surface area contributed by atoms with Crippen LogP contribution in [0.5, 0.6) is 0 Å². The second kappa shape index (κ2) is 13.3. The summed E-state index contributed by atoms with van der Waals surface area (Å²) in [6.07, 6.45) is 7.23. The first-order valence-corrected chi connectivity index (χ1v) is 15.9. The molecule has 0 radical (unpaired) electrons. The van der Waals surface area contributed by atoms with Gasteiger partial charge in [0.1, 0.15) is 5.52 Å². The summed E-state index contributed by atoms with van der Waals surface area (Å²) in [5.74, 6) is 0.408. The Labute approximate surface area is 261 Å². The summed E-state index contributed by atoms with van der Waals surface area (Å²) >= 11 is 0. The fraction of sp³-hybridized carbons (Fsp3) is 0.405. The first kappa shape index (κ1) is 31.3. The zero-order valence-electron chi connectivity index (χ0n) is 27.3. The van der Waals surface area contributed by atoms with E-state index in [-0.39, 0.29) is 11.8 Å². The molecule has 0 fully saturated rings. The van der Waals surface area contributed by atoms with E-state index in [0.29, 0.717) is 18.7 Å². The number of carbonyl (C=O) groups is 1. The van der Waals surface area contributed by atoms with Crippen LogP contribution in [0.2, 0.25) is 0 Å². The van der Waals surface area contributed by atoms with Crippen LogP contribution >= 0.6 is 0 Å². The van der Waals surface area contributed by atoms with Gasteiger partial charge in [-0.1, -0.05) is 30.2 Å². The van der Waals surface area contributed by atoms with Gasteiger partial charge in [-0.05, 0) is 119 Å². The summed E-state index contributed by atoms with van der Waals surface area (Å²) in [7, 11) is 0. The molecule has 3 heterocycles. The van der Waals surface area contributed by atoms with Crippen molar-refractivity contribution in [1.29, 1.82) is 0 Å². The van der Waals surface area contributed by atoms with Crippen molar-refractivity contribution >= 4 is 28.0 Å². The molecular weight excluding hydrogens is 544 g/mol. The molecule has 5 aromatic rings. The summed E-state index contributed by atoms with van der Waals surface area (Å²) < 4.78 is 0. The van der Waals surface area contributed by atoms with E-state index in [1.165, 1.54) is 33.2 Å². The number of pyridine rings is 1. The van der Waals surface area contributed by atoms with Gasteiger partial charge >= 0.3 is 0 Å². The van der Waals surface area contributed by atoms with Gasteiger partial charge in [0.2, 0.25) is 5.91 Å². The minimum Gasteiger partial charge on any atom is -0.354 e. The Kier molecular flexibility index (Phi) is 9.45. The van der Waals surface area contributed by atoms with Crippen LogP contribution < -0.4 is 5.32 Å². The Morgan fingerprint density at radius 2 is 1.70 bits per heavy atom. The number of aryl methyl sites for hydroxylation is 3. The molecule has 7 nitrogen and oxygen atoms in total. The van der Waals surface area contributed by atoms with Crippen LogP contribution in [-0.4, -0.2) is 56.9 Å². The maximum atomic E-state index is 13.6. The molecule has 0 saturated heterocycles. The van der Waals surface area contributed by atoms with E-state index in [9.17, 15) is 4.79 Å². The number of likely N-dealkylation sites (N-methyl/N-ethyl adjacent to an activating group) is 1. The molecule has 3 aromatic heterocycles. The third kappa shape index (κ3) is 6.53. The summed E-state index contributed by atoms with van der Waals surface area (Å²) in [6.45, 7) is 18.0. The molecule has 0 saturated carbocycles. The molecule has 0 aliphatic heterocycles. The molecule has 0 unspecified atom stereocenters. The SMILES string of the molecule is CCN(CC)C(=O)C(C)(C)c1ccc2[nH]c(-c3cc(C)cc(C)c3)c([C@H](C)CNCCCc3cnc4nccnc4c3)c2c1. The summed E-state index contributed by atoms with van der Waals surface area (Å²) in [5.41, 5.74) is 10.4. The monoisotopic (exact) mass is 590 g/mol. The van der Waals surface area contributed by atoms with Gasteiger partial charge in [0, 0.05) is 49.1 Å². The van der Waals surface area contributed by atoms with Crippen LogP contribution in [-0.2, 0) is 16.6 Å². The molecule has 0 spiro atoms. The lowest BCUT2D eigenvalue weighted by Crippen LogP contribution is -2.43. The van der Waals surface area contributed by atoms with Gasteiger partial charge in [0.05, 0.1) is 11.1 Å². The molecule has 1 atom stereocenters. The zero-order chi connectivity index (χ0) is 31.4. The summed E-state index contributed by atoms with van der Waals surface area (Å²) in [5, 5.41) is 4.91. The number of amides is 1. The molecule has 1 amide bonds. The van der Waals surface area contributed by atoms with Gasteiger partial charge in [-0.3, -0.25) is 9.78 Å². The van der Waals surface area contributed by atoms with Crippen molar-refractivity contribution in [3.63, 3.8) is 0 Å². The predicted octanol–water partition coefficient (Wildman–Crippen LogP) is 7.26. The standard InChI is InChI=1S/C37H46N6O/c1-8-43(9-2)36(44)37(6,7)29-12-13-31-30(21-29)33(34(42-31)28-18-24(3)17-25(4)19-28)26(5)22-38-14-10-11-27-20-32-35(41-23-27)40-16-15-39-32/h12-13,15-21,23,26,38,42H,8-11,14,22H2,1-7H3/t26-/m1/s1. The second-order valence-electron chi connectivity index (χ2n) is 12.6. The third-order valence-corrected chi connectivity index (χ3v) is 8.80. The number of benzene rings is 2. The molecule has 2 aromatic carbocycles. The van der Waals surface area contributed by atoms with Crippen LogP contribution in [0, 0.1) is 13.8 Å². The Balaban J connectivity index is 1.40. The number of hydrogen-bond acceptors (Lipinski definition) is 5.